The number of nitrogens with zero attached hydrogens (tertiary/aromatic N) is 3. The van der Waals surface area contributed by atoms with Crippen molar-refractivity contribution in [1.29, 1.82) is 0 Å². The number of hydrogen-bond donors (Lipinski definition) is 1. The number of nitrogen functional groups attached to an aromatic ring is 1. The standard InChI is InChI=1S/C13H22N4/c1-4-11-12(14)15-8-16-13(11)17-6-5-9(2)10(3)7-17/h8-10H,4-7H2,1-3H3,(H2,14,15,16). The maximum atomic E-state index is 5.92. The van der Waals surface area contributed by atoms with Crippen LogP contribution in [0.4, 0.5) is 11.6 Å². The van der Waals surface area contributed by atoms with Crippen LogP contribution in [0.15, 0.2) is 6.33 Å². The zero-order chi connectivity index (χ0) is 12.4. The van der Waals surface area contributed by atoms with Gasteiger partial charge in [0.15, 0.2) is 0 Å². The molecule has 1 aromatic rings. The maximum absolute atomic E-state index is 5.92. The zero-order valence-corrected chi connectivity index (χ0v) is 11.0. The molecule has 0 saturated carbocycles. The van der Waals surface area contributed by atoms with Crippen molar-refractivity contribution in [3.05, 3.63) is 11.9 Å². The van der Waals surface area contributed by atoms with Crippen LogP contribution in [0.5, 0.6) is 0 Å². The van der Waals surface area contributed by atoms with Crippen LogP contribution >= 0.6 is 0 Å². The van der Waals surface area contributed by atoms with E-state index in [9.17, 15) is 0 Å². The van der Waals surface area contributed by atoms with Crippen LogP contribution in [0.1, 0.15) is 32.8 Å². The Hall–Kier alpha value is -1.32. The molecule has 0 amide bonds. The molecule has 94 valence electrons. The van der Waals surface area contributed by atoms with E-state index in [1.54, 1.807) is 6.33 Å². The van der Waals surface area contributed by atoms with E-state index in [0.717, 1.165) is 36.8 Å². The van der Waals surface area contributed by atoms with E-state index < -0.39 is 0 Å². The third-order valence-corrected chi connectivity index (χ3v) is 3.94. The summed E-state index contributed by atoms with van der Waals surface area (Å²) in [6, 6.07) is 0. The Bertz CT molecular complexity index is 391. The smallest absolute Gasteiger partial charge is 0.137 e. The van der Waals surface area contributed by atoms with Crippen molar-refractivity contribution in [1.82, 2.24) is 9.97 Å². The van der Waals surface area contributed by atoms with Gasteiger partial charge in [-0.3, -0.25) is 0 Å². The van der Waals surface area contributed by atoms with Crippen LogP contribution in [-0.4, -0.2) is 23.1 Å². The fourth-order valence-corrected chi connectivity index (χ4v) is 2.48. The van der Waals surface area contributed by atoms with Crippen molar-refractivity contribution in [2.24, 2.45) is 11.8 Å². The molecular formula is C13H22N4. The molecule has 4 heteroatoms. The molecule has 1 fully saturated rings. The Kier molecular flexibility index (Phi) is 3.50. The van der Waals surface area contributed by atoms with Crippen molar-refractivity contribution in [3.8, 4) is 0 Å². The number of piperidine rings is 1. The minimum atomic E-state index is 0.628. The molecule has 0 radical (unpaired) electrons. The predicted octanol–water partition coefficient (Wildman–Crippen LogP) is 2.10. The Labute approximate surface area is 103 Å². The van der Waals surface area contributed by atoms with Crippen molar-refractivity contribution in [2.45, 2.75) is 33.6 Å². The molecule has 0 aliphatic carbocycles. The molecule has 0 spiro atoms. The summed E-state index contributed by atoms with van der Waals surface area (Å²) in [4.78, 5) is 10.9. The fourth-order valence-electron chi connectivity index (χ4n) is 2.48. The molecule has 0 bridgehead atoms. The lowest BCUT2D eigenvalue weighted by Gasteiger charge is -2.36. The van der Waals surface area contributed by atoms with Gasteiger partial charge in [-0.2, -0.15) is 0 Å². The van der Waals surface area contributed by atoms with Crippen LogP contribution in [-0.2, 0) is 6.42 Å². The van der Waals surface area contributed by atoms with E-state index in [4.69, 9.17) is 5.73 Å². The van der Waals surface area contributed by atoms with Crippen LogP contribution in [0.3, 0.4) is 0 Å². The number of aromatic nitrogens is 2. The van der Waals surface area contributed by atoms with E-state index in [2.05, 4.69) is 35.6 Å². The highest BCUT2D eigenvalue weighted by Crippen LogP contribution is 2.29. The van der Waals surface area contributed by atoms with Crippen molar-refractivity contribution in [2.75, 3.05) is 23.7 Å². The second-order valence-electron chi connectivity index (χ2n) is 5.10. The Morgan fingerprint density at radius 1 is 1.35 bits per heavy atom. The SMILES string of the molecule is CCc1c(N)ncnc1N1CCC(C)C(C)C1. The Morgan fingerprint density at radius 2 is 2.12 bits per heavy atom. The van der Waals surface area contributed by atoms with E-state index >= 15 is 0 Å². The molecule has 1 aromatic heterocycles. The zero-order valence-electron chi connectivity index (χ0n) is 11.0. The maximum Gasteiger partial charge on any atom is 0.137 e. The van der Waals surface area contributed by atoms with Gasteiger partial charge >= 0.3 is 0 Å². The summed E-state index contributed by atoms with van der Waals surface area (Å²) < 4.78 is 0. The third-order valence-electron chi connectivity index (χ3n) is 3.94. The van der Waals surface area contributed by atoms with Gasteiger partial charge in [-0.1, -0.05) is 20.8 Å². The second-order valence-corrected chi connectivity index (χ2v) is 5.10. The molecule has 2 rings (SSSR count). The fraction of sp³-hybridized carbons (Fsp3) is 0.692. The van der Waals surface area contributed by atoms with Gasteiger partial charge in [0.2, 0.25) is 0 Å². The summed E-state index contributed by atoms with van der Waals surface area (Å²) in [5.74, 6) is 3.18. The normalized spacial score (nSPS) is 25.0. The highest BCUT2D eigenvalue weighted by molar-refractivity contribution is 5.56. The van der Waals surface area contributed by atoms with Gasteiger partial charge in [-0.05, 0) is 24.7 Å². The first kappa shape index (κ1) is 12.1. The average molecular weight is 234 g/mol. The molecule has 0 aromatic carbocycles. The minimum absolute atomic E-state index is 0.628. The topological polar surface area (TPSA) is 55.0 Å². The number of hydrogen-bond acceptors (Lipinski definition) is 4. The Morgan fingerprint density at radius 3 is 2.76 bits per heavy atom. The van der Waals surface area contributed by atoms with E-state index in [0.29, 0.717) is 11.7 Å². The lowest BCUT2D eigenvalue weighted by atomic mass is 9.88. The van der Waals surface area contributed by atoms with Gasteiger partial charge in [-0.25, -0.2) is 9.97 Å². The molecule has 1 saturated heterocycles. The lowest BCUT2D eigenvalue weighted by molar-refractivity contribution is 0.322. The lowest BCUT2D eigenvalue weighted by Crippen LogP contribution is -2.39. The first-order chi connectivity index (χ1) is 8.13. The Balaban J connectivity index is 2.25. The molecule has 2 atom stereocenters. The summed E-state index contributed by atoms with van der Waals surface area (Å²) in [7, 11) is 0. The van der Waals surface area contributed by atoms with Gasteiger partial charge < -0.3 is 10.6 Å². The van der Waals surface area contributed by atoms with E-state index in [1.807, 2.05) is 0 Å². The van der Waals surface area contributed by atoms with Gasteiger partial charge in [-0.15, -0.1) is 0 Å². The van der Waals surface area contributed by atoms with E-state index in [1.165, 1.54) is 6.42 Å². The first-order valence-electron chi connectivity index (χ1n) is 6.47. The minimum Gasteiger partial charge on any atom is -0.383 e. The summed E-state index contributed by atoms with van der Waals surface area (Å²) in [5.41, 5.74) is 7.01. The first-order valence-corrected chi connectivity index (χ1v) is 6.47. The summed E-state index contributed by atoms with van der Waals surface area (Å²) in [6.45, 7) is 8.90. The molecule has 2 N–H and O–H groups in total. The molecule has 1 aliphatic rings. The van der Waals surface area contributed by atoms with Gasteiger partial charge in [0.05, 0.1) is 0 Å². The van der Waals surface area contributed by atoms with Gasteiger partial charge in [0.1, 0.15) is 18.0 Å². The quantitative estimate of drug-likeness (QED) is 0.851. The molecule has 1 aliphatic heterocycles. The number of anilines is 2. The van der Waals surface area contributed by atoms with Crippen molar-refractivity contribution < 1.29 is 0 Å². The number of rotatable bonds is 2. The monoisotopic (exact) mass is 234 g/mol. The highest BCUT2D eigenvalue weighted by atomic mass is 15.2. The van der Waals surface area contributed by atoms with Crippen molar-refractivity contribution in [3.63, 3.8) is 0 Å². The largest absolute Gasteiger partial charge is 0.383 e. The summed E-state index contributed by atoms with van der Waals surface area (Å²) in [6.07, 6.45) is 3.70. The summed E-state index contributed by atoms with van der Waals surface area (Å²) in [5, 5.41) is 0. The van der Waals surface area contributed by atoms with Crippen LogP contribution in [0.2, 0.25) is 0 Å². The third kappa shape index (κ3) is 2.35. The van der Waals surface area contributed by atoms with Gasteiger partial charge in [0, 0.05) is 18.7 Å². The van der Waals surface area contributed by atoms with Gasteiger partial charge in [0.25, 0.3) is 0 Å². The second kappa shape index (κ2) is 4.90. The molecule has 2 unspecified atom stereocenters. The highest BCUT2D eigenvalue weighted by Gasteiger charge is 2.25. The van der Waals surface area contributed by atoms with Crippen LogP contribution < -0.4 is 10.6 Å². The molecule has 2 heterocycles. The molecule has 17 heavy (non-hydrogen) atoms. The molecular weight excluding hydrogens is 212 g/mol. The predicted molar refractivity (Wildman–Crippen MR) is 71.0 cm³/mol. The van der Waals surface area contributed by atoms with Crippen LogP contribution in [0.25, 0.3) is 0 Å². The molecule has 4 nitrogen and oxygen atoms in total. The van der Waals surface area contributed by atoms with Crippen molar-refractivity contribution >= 4 is 11.6 Å². The number of nitrogens with two attached hydrogens (primary N) is 1. The van der Waals surface area contributed by atoms with Crippen LogP contribution in [0, 0.1) is 11.8 Å². The summed E-state index contributed by atoms with van der Waals surface area (Å²) >= 11 is 0. The average Bonchev–Trinajstić information content (AvgIpc) is 2.32. The van der Waals surface area contributed by atoms with E-state index in [-0.39, 0.29) is 0 Å².